The third kappa shape index (κ3) is 4.13. The molecule has 2 heterocycles. The molecule has 150 valence electrons. The Morgan fingerprint density at radius 1 is 1.14 bits per heavy atom. The smallest absolute Gasteiger partial charge is 0.262 e. The van der Waals surface area contributed by atoms with Gasteiger partial charge in [-0.15, -0.1) is 0 Å². The van der Waals surface area contributed by atoms with Gasteiger partial charge in [0.1, 0.15) is 6.04 Å². The predicted molar refractivity (Wildman–Crippen MR) is 103 cm³/mol. The van der Waals surface area contributed by atoms with Crippen LogP contribution in [-0.4, -0.2) is 66.7 Å². The highest BCUT2D eigenvalue weighted by Gasteiger charge is 2.44. The summed E-state index contributed by atoms with van der Waals surface area (Å²) in [6.45, 7) is 2.60. The van der Waals surface area contributed by atoms with Crippen LogP contribution in [0.15, 0.2) is 18.2 Å². The Labute approximate surface area is 164 Å². The molecule has 0 bridgehead atoms. The molecule has 0 aromatic heterocycles. The molecule has 8 nitrogen and oxygen atoms in total. The van der Waals surface area contributed by atoms with Crippen molar-refractivity contribution in [2.75, 3.05) is 27.2 Å². The van der Waals surface area contributed by atoms with E-state index in [1.54, 1.807) is 12.1 Å². The monoisotopic (exact) mass is 386 g/mol. The van der Waals surface area contributed by atoms with Crippen LogP contribution in [0.25, 0.3) is 0 Å². The fourth-order valence-corrected chi connectivity index (χ4v) is 3.69. The number of rotatable bonds is 8. The molecule has 8 heteroatoms. The van der Waals surface area contributed by atoms with Crippen LogP contribution in [0.5, 0.6) is 0 Å². The molecule has 0 saturated carbocycles. The summed E-state index contributed by atoms with van der Waals surface area (Å²) in [6.07, 6.45) is 2.45. The van der Waals surface area contributed by atoms with Gasteiger partial charge in [-0.25, -0.2) is 0 Å². The molecule has 0 radical (unpaired) electrons. The Hall–Kier alpha value is -2.58. The van der Waals surface area contributed by atoms with Crippen molar-refractivity contribution >= 4 is 23.6 Å². The van der Waals surface area contributed by atoms with Gasteiger partial charge < -0.3 is 10.2 Å². The normalized spacial score (nSPS) is 19.4. The SMILES string of the molecule is CNCCCCN(C)Cc1ccc2c(c1)C(=O)N(C1CCC(=O)NC1=O)C2=O. The highest BCUT2D eigenvalue weighted by atomic mass is 16.2. The Morgan fingerprint density at radius 3 is 2.61 bits per heavy atom. The number of benzene rings is 1. The van der Waals surface area contributed by atoms with Crippen molar-refractivity contribution < 1.29 is 19.2 Å². The van der Waals surface area contributed by atoms with Crippen LogP contribution < -0.4 is 10.6 Å². The van der Waals surface area contributed by atoms with E-state index in [0.29, 0.717) is 17.7 Å². The van der Waals surface area contributed by atoms with Crippen LogP contribution in [0.4, 0.5) is 0 Å². The van der Waals surface area contributed by atoms with E-state index in [1.807, 2.05) is 20.2 Å². The van der Waals surface area contributed by atoms with Crippen molar-refractivity contribution in [3.63, 3.8) is 0 Å². The number of unbranched alkanes of at least 4 members (excludes halogenated alkanes) is 1. The second kappa shape index (κ2) is 8.62. The maximum absolute atomic E-state index is 12.8. The largest absolute Gasteiger partial charge is 0.320 e. The number of amides is 4. The molecule has 1 saturated heterocycles. The first-order chi connectivity index (χ1) is 13.4. The second-order valence-electron chi connectivity index (χ2n) is 7.38. The van der Waals surface area contributed by atoms with Gasteiger partial charge in [-0.1, -0.05) is 6.07 Å². The van der Waals surface area contributed by atoms with Crippen LogP contribution in [0.3, 0.4) is 0 Å². The van der Waals surface area contributed by atoms with Crippen molar-refractivity contribution in [3.8, 4) is 0 Å². The molecule has 4 amide bonds. The predicted octanol–water partition coefficient (Wildman–Crippen LogP) is 0.519. The Morgan fingerprint density at radius 2 is 1.89 bits per heavy atom. The molecule has 1 aromatic carbocycles. The van der Waals surface area contributed by atoms with Crippen LogP contribution in [0.1, 0.15) is 52.0 Å². The lowest BCUT2D eigenvalue weighted by molar-refractivity contribution is -0.136. The average molecular weight is 386 g/mol. The van der Waals surface area contributed by atoms with E-state index >= 15 is 0 Å². The topological polar surface area (TPSA) is 98.8 Å². The van der Waals surface area contributed by atoms with Crippen molar-refractivity contribution in [2.24, 2.45) is 0 Å². The lowest BCUT2D eigenvalue weighted by Gasteiger charge is -2.27. The minimum Gasteiger partial charge on any atom is -0.320 e. The van der Waals surface area contributed by atoms with Gasteiger partial charge in [-0.3, -0.25) is 29.4 Å². The summed E-state index contributed by atoms with van der Waals surface area (Å²) in [5, 5.41) is 5.33. The van der Waals surface area contributed by atoms with Gasteiger partial charge in [-0.2, -0.15) is 0 Å². The zero-order valence-electron chi connectivity index (χ0n) is 16.3. The molecular weight excluding hydrogens is 360 g/mol. The van der Waals surface area contributed by atoms with Crippen LogP contribution in [0.2, 0.25) is 0 Å². The lowest BCUT2D eigenvalue weighted by Crippen LogP contribution is -2.54. The fourth-order valence-electron chi connectivity index (χ4n) is 3.69. The van der Waals surface area contributed by atoms with E-state index in [0.717, 1.165) is 36.4 Å². The molecule has 1 aromatic rings. The summed E-state index contributed by atoms with van der Waals surface area (Å²) in [6, 6.07) is 4.32. The second-order valence-corrected chi connectivity index (χ2v) is 7.38. The van der Waals surface area contributed by atoms with Crippen LogP contribution in [-0.2, 0) is 16.1 Å². The summed E-state index contributed by atoms with van der Waals surface area (Å²) >= 11 is 0. The minimum atomic E-state index is -0.927. The Bertz CT molecular complexity index is 807. The van der Waals surface area contributed by atoms with E-state index in [1.165, 1.54) is 0 Å². The molecule has 2 N–H and O–H groups in total. The molecule has 28 heavy (non-hydrogen) atoms. The summed E-state index contributed by atoms with van der Waals surface area (Å²) in [4.78, 5) is 52.2. The molecule has 2 aliphatic rings. The third-order valence-electron chi connectivity index (χ3n) is 5.17. The van der Waals surface area contributed by atoms with Crippen molar-refractivity contribution in [1.82, 2.24) is 20.4 Å². The summed E-state index contributed by atoms with van der Waals surface area (Å²) < 4.78 is 0. The molecule has 0 aliphatic carbocycles. The number of imide groups is 2. The van der Waals surface area contributed by atoms with Gasteiger partial charge in [0.05, 0.1) is 11.1 Å². The molecule has 1 unspecified atom stereocenters. The maximum atomic E-state index is 12.8. The van der Waals surface area contributed by atoms with Crippen LogP contribution >= 0.6 is 0 Å². The van der Waals surface area contributed by atoms with E-state index in [9.17, 15) is 19.2 Å². The molecule has 1 atom stereocenters. The Balaban J connectivity index is 1.69. The standard InChI is InChI=1S/C20H26N4O4/c1-21-9-3-4-10-23(2)12-13-5-6-14-15(11-13)20(28)24(19(14)27)16-7-8-17(25)22-18(16)26/h5-6,11,16,21H,3-4,7-10,12H2,1-2H3,(H,22,25,26). The van der Waals surface area contributed by atoms with Gasteiger partial charge in [0.25, 0.3) is 11.8 Å². The minimum absolute atomic E-state index is 0.118. The molecule has 0 spiro atoms. The van der Waals surface area contributed by atoms with E-state index in [4.69, 9.17) is 0 Å². The van der Waals surface area contributed by atoms with Crippen molar-refractivity contribution in [1.29, 1.82) is 0 Å². The van der Waals surface area contributed by atoms with Crippen LogP contribution in [0, 0.1) is 0 Å². The zero-order chi connectivity index (χ0) is 20.3. The fraction of sp³-hybridized carbons (Fsp3) is 0.500. The van der Waals surface area contributed by atoms with Gasteiger partial charge in [0.2, 0.25) is 11.8 Å². The van der Waals surface area contributed by atoms with Crippen molar-refractivity contribution in [3.05, 3.63) is 34.9 Å². The number of carbonyl (C=O) groups is 4. The Kier molecular flexibility index (Phi) is 6.21. The van der Waals surface area contributed by atoms with Gasteiger partial charge in [-0.05, 0) is 64.1 Å². The number of nitrogens with one attached hydrogen (secondary N) is 2. The summed E-state index contributed by atoms with van der Waals surface area (Å²) in [7, 11) is 3.96. The summed E-state index contributed by atoms with van der Waals surface area (Å²) in [5.74, 6) is -1.90. The number of fused-ring (bicyclic) bond motifs is 1. The third-order valence-corrected chi connectivity index (χ3v) is 5.17. The molecule has 2 aliphatic heterocycles. The lowest BCUT2D eigenvalue weighted by atomic mass is 10.0. The first kappa shape index (κ1) is 20.2. The van der Waals surface area contributed by atoms with Gasteiger partial charge >= 0.3 is 0 Å². The molecular formula is C20H26N4O4. The molecule has 1 fully saturated rings. The highest BCUT2D eigenvalue weighted by molar-refractivity contribution is 6.23. The first-order valence-corrected chi connectivity index (χ1v) is 9.60. The summed E-state index contributed by atoms with van der Waals surface area (Å²) in [5.41, 5.74) is 1.59. The van der Waals surface area contributed by atoms with E-state index in [-0.39, 0.29) is 18.7 Å². The van der Waals surface area contributed by atoms with E-state index < -0.39 is 23.8 Å². The number of hydrogen-bond acceptors (Lipinski definition) is 6. The maximum Gasteiger partial charge on any atom is 0.262 e. The van der Waals surface area contributed by atoms with Gasteiger partial charge in [0, 0.05) is 13.0 Å². The number of carbonyl (C=O) groups excluding carboxylic acids is 4. The average Bonchev–Trinajstić information content (AvgIpc) is 2.90. The number of hydrogen-bond donors (Lipinski definition) is 2. The number of piperidine rings is 1. The zero-order valence-corrected chi connectivity index (χ0v) is 16.3. The van der Waals surface area contributed by atoms with Gasteiger partial charge in [0.15, 0.2) is 0 Å². The quantitative estimate of drug-likeness (QED) is 0.499. The number of nitrogens with zero attached hydrogens (tertiary/aromatic N) is 2. The molecule has 3 rings (SSSR count). The first-order valence-electron chi connectivity index (χ1n) is 9.60. The van der Waals surface area contributed by atoms with E-state index in [2.05, 4.69) is 15.5 Å². The van der Waals surface area contributed by atoms with Crippen molar-refractivity contribution in [2.45, 2.75) is 38.3 Å². The highest BCUT2D eigenvalue weighted by Crippen LogP contribution is 2.28.